The van der Waals surface area contributed by atoms with Crippen LogP contribution in [0.4, 0.5) is 4.79 Å². The van der Waals surface area contributed by atoms with Crippen LogP contribution in [-0.4, -0.2) is 53.7 Å². The van der Waals surface area contributed by atoms with E-state index in [0.717, 1.165) is 10.5 Å². The number of hydrogen-bond acceptors (Lipinski definition) is 5. The predicted octanol–water partition coefficient (Wildman–Crippen LogP) is 1.13. The molecule has 0 saturated carbocycles. The van der Waals surface area contributed by atoms with Gasteiger partial charge in [-0.25, -0.2) is 4.79 Å². The highest BCUT2D eigenvalue weighted by molar-refractivity contribution is 6.09. The summed E-state index contributed by atoms with van der Waals surface area (Å²) in [7, 11) is 1.44. The molecule has 1 aromatic carbocycles. The Labute approximate surface area is 174 Å². The largest absolute Gasteiger partial charge is 0.467 e. The van der Waals surface area contributed by atoms with Crippen LogP contribution in [0.15, 0.2) is 47.1 Å². The lowest BCUT2D eigenvalue weighted by atomic mass is 9.91. The van der Waals surface area contributed by atoms with Crippen molar-refractivity contribution in [3.8, 4) is 0 Å². The Morgan fingerprint density at radius 2 is 1.90 bits per heavy atom. The monoisotopic (exact) mass is 412 g/mol. The van der Waals surface area contributed by atoms with Crippen molar-refractivity contribution in [2.24, 2.45) is 0 Å². The second-order valence-corrected chi connectivity index (χ2v) is 7.42. The molecule has 0 unspecified atom stereocenters. The van der Waals surface area contributed by atoms with Crippen molar-refractivity contribution in [1.29, 1.82) is 0 Å². The van der Waals surface area contributed by atoms with Crippen LogP contribution >= 0.6 is 0 Å². The summed E-state index contributed by atoms with van der Waals surface area (Å²) in [6.07, 6.45) is 1.50. The first-order valence-corrected chi connectivity index (χ1v) is 9.45. The number of nitrogens with zero attached hydrogens (tertiary/aromatic N) is 2. The van der Waals surface area contributed by atoms with Crippen molar-refractivity contribution in [3.63, 3.8) is 0 Å². The Morgan fingerprint density at radius 3 is 2.53 bits per heavy atom. The average molecular weight is 412 g/mol. The highest BCUT2D eigenvalue weighted by Crippen LogP contribution is 2.28. The standard InChI is InChI=1S/C21H24N4O5/c1-14-6-8-15(9-7-14)21(2)19(28)25(20(29)23-21)13-18(27)24(3)12-17(26)22-11-16-5-4-10-30-16/h4-10H,11-13H2,1-3H3,(H,22,26)(H,23,29)/t21-/m0/s1. The summed E-state index contributed by atoms with van der Waals surface area (Å²) in [6.45, 7) is 3.07. The summed E-state index contributed by atoms with van der Waals surface area (Å²) in [6, 6.07) is 10.0. The van der Waals surface area contributed by atoms with E-state index in [1.54, 1.807) is 31.2 Å². The summed E-state index contributed by atoms with van der Waals surface area (Å²) in [5.41, 5.74) is 0.412. The van der Waals surface area contributed by atoms with Crippen LogP contribution in [0.3, 0.4) is 0 Å². The van der Waals surface area contributed by atoms with Gasteiger partial charge in [0.25, 0.3) is 5.91 Å². The molecule has 0 aliphatic carbocycles. The molecule has 9 nitrogen and oxygen atoms in total. The maximum Gasteiger partial charge on any atom is 0.325 e. The molecule has 1 saturated heterocycles. The summed E-state index contributed by atoms with van der Waals surface area (Å²) in [5.74, 6) is -0.837. The molecule has 1 atom stereocenters. The molecule has 1 aliphatic heterocycles. The number of imide groups is 1. The van der Waals surface area contributed by atoms with Gasteiger partial charge in [-0.15, -0.1) is 0 Å². The number of benzene rings is 1. The maximum atomic E-state index is 12.9. The van der Waals surface area contributed by atoms with Gasteiger partial charge in [-0.2, -0.15) is 0 Å². The molecule has 2 aromatic rings. The molecule has 5 amide bonds. The molecule has 1 aromatic heterocycles. The van der Waals surface area contributed by atoms with Gasteiger partial charge in [0, 0.05) is 7.05 Å². The van der Waals surface area contributed by atoms with Gasteiger partial charge in [0.2, 0.25) is 11.8 Å². The number of nitrogens with one attached hydrogen (secondary N) is 2. The Morgan fingerprint density at radius 1 is 1.20 bits per heavy atom. The van der Waals surface area contributed by atoms with Crippen LogP contribution < -0.4 is 10.6 Å². The first-order chi connectivity index (χ1) is 14.2. The van der Waals surface area contributed by atoms with Gasteiger partial charge in [-0.3, -0.25) is 19.3 Å². The smallest absolute Gasteiger partial charge is 0.325 e. The zero-order valence-electron chi connectivity index (χ0n) is 17.1. The Kier molecular flexibility index (Phi) is 5.91. The van der Waals surface area contributed by atoms with Crippen LogP contribution in [-0.2, 0) is 26.5 Å². The zero-order chi connectivity index (χ0) is 21.9. The first kappa shape index (κ1) is 21.1. The minimum Gasteiger partial charge on any atom is -0.467 e. The Bertz CT molecular complexity index is 954. The lowest BCUT2D eigenvalue weighted by Crippen LogP contribution is -2.45. The summed E-state index contributed by atoms with van der Waals surface area (Å²) in [4.78, 5) is 51.9. The molecule has 0 spiro atoms. The normalized spacial score (nSPS) is 18.3. The van der Waals surface area contributed by atoms with E-state index in [1.807, 2.05) is 19.1 Å². The van der Waals surface area contributed by atoms with Crippen LogP contribution in [0.1, 0.15) is 23.8 Å². The second kappa shape index (κ2) is 8.40. The van der Waals surface area contributed by atoms with E-state index >= 15 is 0 Å². The van der Waals surface area contributed by atoms with Crippen LogP contribution in [0, 0.1) is 6.92 Å². The van der Waals surface area contributed by atoms with Gasteiger partial charge in [-0.05, 0) is 31.5 Å². The number of likely N-dealkylation sites (N-methyl/N-ethyl adjacent to an activating group) is 1. The number of amides is 5. The molecule has 158 valence electrons. The molecular formula is C21H24N4O5. The van der Waals surface area contributed by atoms with Crippen molar-refractivity contribution in [2.75, 3.05) is 20.1 Å². The molecule has 0 radical (unpaired) electrons. The van der Waals surface area contributed by atoms with E-state index in [-0.39, 0.29) is 19.0 Å². The zero-order valence-corrected chi connectivity index (χ0v) is 17.1. The van der Waals surface area contributed by atoms with Crippen molar-refractivity contribution in [1.82, 2.24) is 20.4 Å². The fourth-order valence-electron chi connectivity index (χ4n) is 3.14. The van der Waals surface area contributed by atoms with Crippen molar-refractivity contribution in [2.45, 2.75) is 25.9 Å². The average Bonchev–Trinajstić information content (AvgIpc) is 3.30. The minimum atomic E-state index is -1.25. The number of carbonyl (C=O) groups is 4. The first-order valence-electron chi connectivity index (χ1n) is 9.45. The third-order valence-corrected chi connectivity index (χ3v) is 5.04. The van der Waals surface area contributed by atoms with E-state index < -0.39 is 29.9 Å². The molecule has 1 aliphatic rings. The van der Waals surface area contributed by atoms with Crippen molar-refractivity contribution < 1.29 is 23.6 Å². The van der Waals surface area contributed by atoms with Crippen molar-refractivity contribution in [3.05, 3.63) is 59.5 Å². The maximum absolute atomic E-state index is 12.9. The molecule has 30 heavy (non-hydrogen) atoms. The number of aryl methyl sites for hydroxylation is 1. The fourth-order valence-corrected chi connectivity index (χ4v) is 3.14. The Hall–Kier alpha value is -3.62. The summed E-state index contributed by atoms with van der Waals surface area (Å²) in [5, 5.41) is 5.30. The summed E-state index contributed by atoms with van der Waals surface area (Å²) >= 11 is 0. The minimum absolute atomic E-state index is 0.204. The number of urea groups is 1. The van der Waals surface area contributed by atoms with Crippen LogP contribution in [0.25, 0.3) is 0 Å². The van der Waals surface area contributed by atoms with E-state index in [9.17, 15) is 19.2 Å². The quantitative estimate of drug-likeness (QED) is 0.662. The van der Waals surface area contributed by atoms with Gasteiger partial charge in [0.15, 0.2) is 0 Å². The fraction of sp³-hybridized carbons (Fsp3) is 0.333. The van der Waals surface area contributed by atoms with Crippen LogP contribution in [0.5, 0.6) is 0 Å². The van der Waals surface area contributed by atoms with E-state index in [4.69, 9.17) is 4.42 Å². The van der Waals surface area contributed by atoms with Gasteiger partial charge in [0.1, 0.15) is 17.8 Å². The lowest BCUT2D eigenvalue weighted by Gasteiger charge is -2.23. The van der Waals surface area contributed by atoms with Crippen LogP contribution in [0.2, 0.25) is 0 Å². The molecule has 1 fully saturated rings. The number of furan rings is 1. The van der Waals surface area contributed by atoms with Gasteiger partial charge >= 0.3 is 6.03 Å². The topological polar surface area (TPSA) is 112 Å². The molecule has 2 heterocycles. The molecule has 2 N–H and O–H groups in total. The molecule has 3 rings (SSSR count). The lowest BCUT2D eigenvalue weighted by molar-refractivity contribution is -0.139. The van der Waals surface area contributed by atoms with E-state index in [0.29, 0.717) is 11.3 Å². The SMILES string of the molecule is Cc1ccc([C@]2(C)NC(=O)N(CC(=O)N(C)CC(=O)NCc3ccco3)C2=O)cc1. The number of carbonyl (C=O) groups excluding carboxylic acids is 4. The van der Waals surface area contributed by atoms with Crippen molar-refractivity contribution >= 4 is 23.8 Å². The van der Waals surface area contributed by atoms with E-state index in [2.05, 4.69) is 10.6 Å². The van der Waals surface area contributed by atoms with Gasteiger partial charge < -0.3 is 20.0 Å². The van der Waals surface area contributed by atoms with Gasteiger partial charge in [0.05, 0.1) is 19.4 Å². The molecule has 0 bridgehead atoms. The number of hydrogen-bond donors (Lipinski definition) is 2. The second-order valence-electron chi connectivity index (χ2n) is 7.42. The predicted molar refractivity (Wildman–Crippen MR) is 107 cm³/mol. The highest BCUT2D eigenvalue weighted by Gasteiger charge is 2.49. The van der Waals surface area contributed by atoms with Gasteiger partial charge in [-0.1, -0.05) is 29.8 Å². The van der Waals surface area contributed by atoms with E-state index in [1.165, 1.54) is 18.2 Å². The third-order valence-electron chi connectivity index (χ3n) is 5.04. The molecular weight excluding hydrogens is 388 g/mol. The number of rotatable bonds is 7. The Balaban J connectivity index is 1.58. The highest BCUT2D eigenvalue weighted by atomic mass is 16.3. The summed E-state index contributed by atoms with van der Waals surface area (Å²) < 4.78 is 5.13. The third kappa shape index (κ3) is 4.35. The molecule has 9 heteroatoms.